The topological polar surface area (TPSA) is 96.0 Å². The number of para-hydroxylation sites is 1. The second-order valence-corrected chi connectivity index (χ2v) is 12.3. The van der Waals surface area contributed by atoms with Crippen molar-refractivity contribution in [3.05, 3.63) is 89.4 Å². The molecule has 0 aromatic heterocycles. The van der Waals surface area contributed by atoms with Gasteiger partial charge in [-0.2, -0.15) is 0 Å². The van der Waals surface area contributed by atoms with Crippen LogP contribution in [0.2, 0.25) is 5.02 Å². The van der Waals surface area contributed by atoms with Gasteiger partial charge in [0.25, 0.3) is 10.0 Å². The molecular weight excluding hydrogens is 562 g/mol. The van der Waals surface area contributed by atoms with Crippen molar-refractivity contribution < 1.29 is 22.7 Å². The third kappa shape index (κ3) is 7.40. The Balaban J connectivity index is 1.72. The van der Waals surface area contributed by atoms with Crippen LogP contribution < -0.4 is 14.4 Å². The highest BCUT2D eigenvalue weighted by molar-refractivity contribution is 7.92. The standard InChI is InChI=1S/C31H36ClN3O5S/c1-3-28(31(37)33-24-13-7-8-14-24)34(21-23-12-11-15-25(20-23)40-2)30(36)22-35(29-19-10-9-18-27(29)32)41(38,39)26-16-5-4-6-17-26/h4-6,9-12,15-20,24,28H,3,7-8,13-14,21-22H2,1-2H3,(H,33,37)/t28-/m1/s1. The molecule has 0 aliphatic heterocycles. The SMILES string of the molecule is CC[C@H](C(=O)NC1CCCC1)N(Cc1cccc(OC)c1)C(=O)CN(c1ccccc1Cl)S(=O)(=O)c1ccccc1. The Bertz CT molecular complexity index is 1440. The number of methoxy groups -OCH3 is 1. The Morgan fingerprint density at radius 2 is 1.68 bits per heavy atom. The van der Waals surface area contributed by atoms with E-state index in [2.05, 4.69) is 5.32 Å². The van der Waals surface area contributed by atoms with Crippen molar-refractivity contribution in [3.8, 4) is 5.75 Å². The summed E-state index contributed by atoms with van der Waals surface area (Å²) in [4.78, 5) is 29.2. The van der Waals surface area contributed by atoms with E-state index in [-0.39, 0.29) is 34.1 Å². The Morgan fingerprint density at radius 3 is 2.34 bits per heavy atom. The molecule has 1 fully saturated rings. The molecule has 1 aliphatic rings. The predicted molar refractivity (Wildman–Crippen MR) is 160 cm³/mol. The quantitative estimate of drug-likeness (QED) is 0.301. The average Bonchev–Trinajstić information content (AvgIpc) is 3.49. The molecule has 0 bridgehead atoms. The summed E-state index contributed by atoms with van der Waals surface area (Å²) in [5.41, 5.74) is 0.927. The predicted octanol–water partition coefficient (Wildman–Crippen LogP) is 5.41. The first-order valence-corrected chi connectivity index (χ1v) is 15.6. The Hall–Kier alpha value is -3.56. The fourth-order valence-electron chi connectivity index (χ4n) is 5.14. The van der Waals surface area contributed by atoms with Crippen LogP contribution in [0.3, 0.4) is 0 Å². The number of carbonyl (C=O) groups is 2. The van der Waals surface area contributed by atoms with E-state index < -0.39 is 28.5 Å². The zero-order valence-electron chi connectivity index (χ0n) is 23.3. The Morgan fingerprint density at radius 1 is 1.00 bits per heavy atom. The lowest BCUT2D eigenvalue weighted by Crippen LogP contribution is -2.53. The Labute approximate surface area is 247 Å². The normalized spacial score (nSPS) is 14.3. The summed E-state index contributed by atoms with van der Waals surface area (Å²) >= 11 is 6.47. The smallest absolute Gasteiger partial charge is 0.264 e. The summed E-state index contributed by atoms with van der Waals surface area (Å²) in [6, 6.07) is 20.9. The maximum absolute atomic E-state index is 14.2. The molecule has 1 aliphatic carbocycles. The van der Waals surface area contributed by atoms with Crippen molar-refractivity contribution in [1.82, 2.24) is 10.2 Å². The van der Waals surface area contributed by atoms with Crippen LogP contribution in [0.25, 0.3) is 0 Å². The lowest BCUT2D eigenvalue weighted by Gasteiger charge is -2.34. The second kappa shape index (κ2) is 13.9. The summed E-state index contributed by atoms with van der Waals surface area (Å²) in [6.45, 7) is 1.39. The first kappa shape index (κ1) is 30.4. The molecular formula is C31H36ClN3O5S. The van der Waals surface area contributed by atoms with Gasteiger partial charge in [-0.05, 0) is 61.2 Å². The minimum Gasteiger partial charge on any atom is -0.497 e. The van der Waals surface area contributed by atoms with Crippen LogP contribution in [0.4, 0.5) is 5.69 Å². The van der Waals surface area contributed by atoms with Gasteiger partial charge in [-0.15, -0.1) is 0 Å². The molecule has 3 aromatic carbocycles. The molecule has 1 atom stereocenters. The van der Waals surface area contributed by atoms with Crippen molar-refractivity contribution in [3.63, 3.8) is 0 Å². The summed E-state index contributed by atoms with van der Waals surface area (Å²) in [6.07, 6.45) is 4.27. The van der Waals surface area contributed by atoms with Gasteiger partial charge >= 0.3 is 0 Å². The van der Waals surface area contributed by atoms with Crippen molar-refractivity contribution in [1.29, 1.82) is 0 Å². The number of benzene rings is 3. The lowest BCUT2D eigenvalue weighted by molar-refractivity contribution is -0.140. The van der Waals surface area contributed by atoms with Gasteiger partial charge in [-0.3, -0.25) is 13.9 Å². The fourth-order valence-corrected chi connectivity index (χ4v) is 6.88. The number of hydrogen-bond donors (Lipinski definition) is 1. The van der Waals surface area contributed by atoms with Crippen LogP contribution in [0.15, 0.2) is 83.8 Å². The third-order valence-electron chi connectivity index (χ3n) is 7.31. The maximum atomic E-state index is 14.2. The fraction of sp³-hybridized carbons (Fsp3) is 0.355. The Kier molecular flexibility index (Phi) is 10.3. The van der Waals surface area contributed by atoms with E-state index in [1.54, 1.807) is 61.7 Å². The summed E-state index contributed by atoms with van der Waals surface area (Å²) in [5.74, 6) is -0.158. The number of sulfonamides is 1. The average molecular weight is 598 g/mol. The first-order chi connectivity index (χ1) is 19.7. The van der Waals surface area contributed by atoms with Crippen LogP contribution in [-0.2, 0) is 26.2 Å². The third-order valence-corrected chi connectivity index (χ3v) is 9.40. The van der Waals surface area contributed by atoms with E-state index in [4.69, 9.17) is 16.3 Å². The highest BCUT2D eigenvalue weighted by Crippen LogP contribution is 2.31. The van der Waals surface area contributed by atoms with Gasteiger partial charge in [0.05, 0.1) is 22.7 Å². The zero-order valence-corrected chi connectivity index (χ0v) is 24.9. The minimum absolute atomic E-state index is 0.0260. The summed E-state index contributed by atoms with van der Waals surface area (Å²) in [5, 5.41) is 3.30. The molecule has 1 N–H and O–H groups in total. The van der Waals surface area contributed by atoms with Gasteiger partial charge in [0, 0.05) is 12.6 Å². The number of carbonyl (C=O) groups excluding carboxylic acids is 2. The maximum Gasteiger partial charge on any atom is 0.264 e. The molecule has 4 rings (SSSR count). The number of nitrogens with zero attached hydrogens (tertiary/aromatic N) is 2. The molecule has 8 nitrogen and oxygen atoms in total. The summed E-state index contributed by atoms with van der Waals surface area (Å²) in [7, 11) is -2.62. The molecule has 2 amide bonds. The summed E-state index contributed by atoms with van der Waals surface area (Å²) < 4.78 is 34.2. The van der Waals surface area contributed by atoms with Crippen molar-refractivity contribution >= 4 is 39.1 Å². The van der Waals surface area contributed by atoms with E-state index in [0.717, 1.165) is 35.6 Å². The van der Waals surface area contributed by atoms with Gasteiger partial charge < -0.3 is 15.0 Å². The highest BCUT2D eigenvalue weighted by atomic mass is 35.5. The van der Waals surface area contributed by atoms with Crippen molar-refractivity contribution in [2.75, 3.05) is 18.0 Å². The molecule has 41 heavy (non-hydrogen) atoms. The molecule has 0 unspecified atom stereocenters. The number of amides is 2. The largest absolute Gasteiger partial charge is 0.497 e. The van der Waals surface area contributed by atoms with Gasteiger partial charge in [-0.25, -0.2) is 8.42 Å². The lowest BCUT2D eigenvalue weighted by atomic mass is 10.1. The van der Waals surface area contributed by atoms with Crippen LogP contribution in [0, 0.1) is 0 Å². The molecule has 0 saturated heterocycles. The molecule has 1 saturated carbocycles. The molecule has 0 spiro atoms. The molecule has 0 radical (unpaired) electrons. The van der Waals surface area contributed by atoms with Gasteiger partial charge in [0.1, 0.15) is 18.3 Å². The number of nitrogens with one attached hydrogen (secondary N) is 1. The van der Waals surface area contributed by atoms with Crippen LogP contribution in [0.1, 0.15) is 44.6 Å². The number of hydrogen-bond acceptors (Lipinski definition) is 5. The van der Waals surface area contributed by atoms with E-state index in [9.17, 15) is 18.0 Å². The highest BCUT2D eigenvalue weighted by Gasteiger charge is 2.35. The number of anilines is 1. The number of halogens is 1. The molecule has 218 valence electrons. The van der Waals surface area contributed by atoms with E-state index in [1.165, 1.54) is 17.0 Å². The molecule has 3 aromatic rings. The van der Waals surface area contributed by atoms with Gasteiger partial charge in [0.15, 0.2) is 0 Å². The minimum atomic E-state index is -4.18. The molecule has 10 heteroatoms. The monoisotopic (exact) mass is 597 g/mol. The zero-order chi connectivity index (χ0) is 29.4. The van der Waals surface area contributed by atoms with E-state index in [1.807, 2.05) is 19.1 Å². The van der Waals surface area contributed by atoms with Gasteiger partial charge in [-0.1, -0.05) is 73.8 Å². The second-order valence-electron chi connectivity index (χ2n) is 10.1. The van der Waals surface area contributed by atoms with E-state index >= 15 is 0 Å². The van der Waals surface area contributed by atoms with Gasteiger partial charge in [0.2, 0.25) is 11.8 Å². The first-order valence-electron chi connectivity index (χ1n) is 13.8. The van der Waals surface area contributed by atoms with E-state index in [0.29, 0.717) is 12.2 Å². The number of ether oxygens (including phenoxy) is 1. The van der Waals surface area contributed by atoms with Crippen molar-refractivity contribution in [2.24, 2.45) is 0 Å². The van der Waals surface area contributed by atoms with Crippen LogP contribution >= 0.6 is 11.6 Å². The van der Waals surface area contributed by atoms with Crippen LogP contribution in [-0.4, -0.2) is 50.9 Å². The number of rotatable bonds is 12. The molecule has 0 heterocycles. The van der Waals surface area contributed by atoms with Crippen molar-refractivity contribution in [2.45, 2.75) is 62.6 Å². The van der Waals surface area contributed by atoms with Crippen LogP contribution in [0.5, 0.6) is 5.75 Å².